The standard InChI is InChI=1S/C14H27NO3/c1-4-6-7-8-9-10-12(16)15-13(14(17)18)11(3)5-2/h11,13H,4-10H2,1-3H3,(H,15,16)(H,17,18). The summed E-state index contributed by atoms with van der Waals surface area (Å²) in [7, 11) is 0. The second-order valence-electron chi connectivity index (χ2n) is 4.93. The zero-order chi connectivity index (χ0) is 14.0. The summed E-state index contributed by atoms with van der Waals surface area (Å²) in [6.07, 6.45) is 6.60. The number of hydrogen-bond acceptors (Lipinski definition) is 2. The van der Waals surface area contributed by atoms with E-state index in [0.717, 1.165) is 25.7 Å². The molecule has 0 fully saturated rings. The van der Waals surface area contributed by atoms with Crippen LogP contribution in [-0.2, 0) is 9.59 Å². The molecule has 4 heteroatoms. The molecule has 2 unspecified atom stereocenters. The number of aliphatic carboxylic acids is 1. The van der Waals surface area contributed by atoms with E-state index in [0.29, 0.717) is 6.42 Å². The summed E-state index contributed by atoms with van der Waals surface area (Å²) in [5.74, 6) is -1.12. The molecule has 2 N–H and O–H groups in total. The normalized spacial score (nSPS) is 13.9. The Kier molecular flexibility index (Phi) is 9.33. The maximum Gasteiger partial charge on any atom is 0.326 e. The number of hydrogen-bond donors (Lipinski definition) is 2. The van der Waals surface area contributed by atoms with Gasteiger partial charge < -0.3 is 10.4 Å². The average molecular weight is 257 g/mol. The van der Waals surface area contributed by atoms with Crippen LogP contribution in [0.4, 0.5) is 0 Å². The second kappa shape index (κ2) is 9.92. The fourth-order valence-electron chi connectivity index (χ4n) is 1.82. The van der Waals surface area contributed by atoms with Crippen LogP contribution in [0.2, 0.25) is 0 Å². The van der Waals surface area contributed by atoms with Gasteiger partial charge >= 0.3 is 5.97 Å². The van der Waals surface area contributed by atoms with Crippen molar-refractivity contribution in [1.82, 2.24) is 5.32 Å². The molecular weight excluding hydrogens is 230 g/mol. The van der Waals surface area contributed by atoms with E-state index in [1.54, 1.807) is 0 Å². The van der Waals surface area contributed by atoms with E-state index < -0.39 is 12.0 Å². The largest absolute Gasteiger partial charge is 0.480 e. The molecule has 0 aliphatic carbocycles. The molecule has 0 radical (unpaired) electrons. The van der Waals surface area contributed by atoms with Gasteiger partial charge in [0.1, 0.15) is 6.04 Å². The van der Waals surface area contributed by atoms with E-state index in [1.807, 2.05) is 13.8 Å². The minimum atomic E-state index is -0.941. The minimum Gasteiger partial charge on any atom is -0.480 e. The molecule has 0 saturated heterocycles. The highest BCUT2D eigenvalue weighted by Crippen LogP contribution is 2.09. The van der Waals surface area contributed by atoms with Crippen LogP contribution in [0.1, 0.15) is 65.7 Å². The third kappa shape index (κ3) is 7.30. The molecule has 0 aliphatic rings. The van der Waals surface area contributed by atoms with Gasteiger partial charge in [0.25, 0.3) is 0 Å². The summed E-state index contributed by atoms with van der Waals surface area (Å²) >= 11 is 0. The summed E-state index contributed by atoms with van der Waals surface area (Å²) < 4.78 is 0. The fraction of sp³-hybridized carbons (Fsp3) is 0.857. The van der Waals surface area contributed by atoms with E-state index >= 15 is 0 Å². The second-order valence-corrected chi connectivity index (χ2v) is 4.93. The quantitative estimate of drug-likeness (QED) is 0.591. The van der Waals surface area contributed by atoms with Crippen LogP contribution in [0.25, 0.3) is 0 Å². The van der Waals surface area contributed by atoms with Gasteiger partial charge in [-0.25, -0.2) is 4.79 Å². The Labute approximate surface area is 110 Å². The van der Waals surface area contributed by atoms with Crippen LogP contribution in [0.3, 0.4) is 0 Å². The summed E-state index contributed by atoms with van der Waals surface area (Å²) in [6.45, 7) is 5.92. The van der Waals surface area contributed by atoms with Crippen LogP contribution < -0.4 is 5.32 Å². The molecule has 0 heterocycles. The lowest BCUT2D eigenvalue weighted by Crippen LogP contribution is -2.44. The molecule has 0 aromatic carbocycles. The molecule has 4 nitrogen and oxygen atoms in total. The first-order chi connectivity index (χ1) is 8.52. The van der Waals surface area contributed by atoms with Gasteiger partial charge in [-0.3, -0.25) is 4.79 Å². The van der Waals surface area contributed by atoms with Crippen LogP contribution in [0, 0.1) is 5.92 Å². The predicted molar refractivity (Wildman–Crippen MR) is 72.4 cm³/mol. The van der Waals surface area contributed by atoms with Gasteiger partial charge in [-0.15, -0.1) is 0 Å². The molecular formula is C14H27NO3. The molecule has 0 aliphatic heterocycles. The first kappa shape index (κ1) is 16.9. The Morgan fingerprint density at radius 1 is 1.11 bits per heavy atom. The highest BCUT2D eigenvalue weighted by atomic mass is 16.4. The Bertz CT molecular complexity index is 253. The molecule has 2 atom stereocenters. The molecule has 0 aromatic rings. The van der Waals surface area contributed by atoms with E-state index in [9.17, 15) is 9.59 Å². The number of carbonyl (C=O) groups excluding carboxylic acids is 1. The lowest BCUT2D eigenvalue weighted by molar-refractivity contribution is -0.143. The zero-order valence-corrected chi connectivity index (χ0v) is 11.9. The Hall–Kier alpha value is -1.06. The van der Waals surface area contributed by atoms with E-state index in [2.05, 4.69) is 12.2 Å². The van der Waals surface area contributed by atoms with Gasteiger partial charge in [0.15, 0.2) is 0 Å². The van der Waals surface area contributed by atoms with Gasteiger partial charge in [0, 0.05) is 6.42 Å². The van der Waals surface area contributed by atoms with Crippen LogP contribution >= 0.6 is 0 Å². The Morgan fingerprint density at radius 3 is 2.22 bits per heavy atom. The van der Waals surface area contributed by atoms with Gasteiger partial charge in [0.2, 0.25) is 5.91 Å². The number of carboxylic acids is 1. The van der Waals surface area contributed by atoms with Crippen molar-refractivity contribution in [3.63, 3.8) is 0 Å². The smallest absolute Gasteiger partial charge is 0.326 e. The molecule has 0 rings (SSSR count). The molecule has 18 heavy (non-hydrogen) atoms. The average Bonchev–Trinajstić information content (AvgIpc) is 2.34. The van der Waals surface area contributed by atoms with Crippen LogP contribution in [0.15, 0.2) is 0 Å². The van der Waals surface area contributed by atoms with Crippen molar-refractivity contribution in [1.29, 1.82) is 0 Å². The summed E-state index contributed by atoms with van der Waals surface area (Å²) in [6, 6.07) is -0.752. The van der Waals surface area contributed by atoms with Crippen molar-refractivity contribution in [2.24, 2.45) is 5.92 Å². The SMILES string of the molecule is CCCCCCCC(=O)NC(C(=O)O)C(C)CC. The van der Waals surface area contributed by atoms with Crippen molar-refractivity contribution in [2.45, 2.75) is 71.8 Å². The lowest BCUT2D eigenvalue weighted by Gasteiger charge is -2.20. The van der Waals surface area contributed by atoms with Crippen LogP contribution in [-0.4, -0.2) is 23.0 Å². The van der Waals surface area contributed by atoms with Crippen molar-refractivity contribution >= 4 is 11.9 Å². The van der Waals surface area contributed by atoms with Gasteiger partial charge in [0.05, 0.1) is 0 Å². The molecule has 106 valence electrons. The topological polar surface area (TPSA) is 66.4 Å². The van der Waals surface area contributed by atoms with Crippen molar-refractivity contribution in [3.05, 3.63) is 0 Å². The number of nitrogens with one attached hydrogen (secondary N) is 1. The van der Waals surface area contributed by atoms with Gasteiger partial charge in [-0.2, -0.15) is 0 Å². The number of rotatable bonds is 10. The molecule has 0 aromatic heterocycles. The highest BCUT2D eigenvalue weighted by molar-refractivity contribution is 5.83. The first-order valence-electron chi connectivity index (χ1n) is 7.05. The maximum absolute atomic E-state index is 11.6. The van der Waals surface area contributed by atoms with E-state index in [1.165, 1.54) is 12.8 Å². The van der Waals surface area contributed by atoms with E-state index in [-0.39, 0.29) is 11.8 Å². The maximum atomic E-state index is 11.6. The monoisotopic (exact) mass is 257 g/mol. The van der Waals surface area contributed by atoms with E-state index in [4.69, 9.17) is 5.11 Å². The summed E-state index contributed by atoms with van der Waals surface area (Å²) in [4.78, 5) is 22.7. The van der Waals surface area contributed by atoms with Crippen molar-refractivity contribution in [2.75, 3.05) is 0 Å². The zero-order valence-electron chi connectivity index (χ0n) is 11.9. The van der Waals surface area contributed by atoms with Crippen molar-refractivity contribution in [3.8, 4) is 0 Å². The molecule has 0 saturated carbocycles. The molecule has 0 spiro atoms. The summed E-state index contributed by atoms with van der Waals surface area (Å²) in [5, 5.41) is 11.7. The van der Waals surface area contributed by atoms with Crippen LogP contribution in [0.5, 0.6) is 0 Å². The fourth-order valence-corrected chi connectivity index (χ4v) is 1.82. The third-order valence-corrected chi connectivity index (χ3v) is 3.30. The number of carbonyl (C=O) groups is 2. The number of amides is 1. The van der Waals surface area contributed by atoms with Gasteiger partial charge in [-0.05, 0) is 12.3 Å². The predicted octanol–water partition coefficient (Wildman–Crippen LogP) is 2.96. The number of carboxylic acid groups (broad SMARTS) is 1. The first-order valence-corrected chi connectivity index (χ1v) is 7.05. The molecule has 1 amide bonds. The minimum absolute atomic E-state index is 0.0356. The van der Waals surface area contributed by atoms with Crippen molar-refractivity contribution < 1.29 is 14.7 Å². The molecule has 0 bridgehead atoms. The highest BCUT2D eigenvalue weighted by Gasteiger charge is 2.24. The Balaban J connectivity index is 3.92. The third-order valence-electron chi connectivity index (χ3n) is 3.30. The Morgan fingerprint density at radius 2 is 1.72 bits per heavy atom. The van der Waals surface area contributed by atoms with Gasteiger partial charge in [-0.1, -0.05) is 52.9 Å². The lowest BCUT2D eigenvalue weighted by atomic mass is 9.99. The number of unbranched alkanes of at least 4 members (excludes halogenated alkanes) is 4. The summed E-state index contributed by atoms with van der Waals surface area (Å²) in [5.41, 5.74) is 0.